The maximum absolute atomic E-state index is 11.4. The van der Waals surface area contributed by atoms with Crippen LogP contribution in [0.2, 0.25) is 0 Å². The van der Waals surface area contributed by atoms with Gasteiger partial charge in [-0.25, -0.2) is 0 Å². The number of hydrogen-bond donors (Lipinski definition) is 1. The summed E-state index contributed by atoms with van der Waals surface area (Å²) in [6.07, 6.45) is 2.13. The number of nitrogens with one attached hydrogen (secondary N) is 1. The molecule has 1 saturated heterocycles. The lowest BCUT2D eigenvalue weighted by molar-refractivity contribution is -0.118. The molecule has 1 aromatic rings. The van der Waals surface area contributed by atoms with Crippen LogP contribution < -0.4 is 10.1 Å². The van der Waals surface area contributed by atoms with Crippen molar-refractivity contribution in [2.75, 3.05) is 6.54 Å². The van der Waals surface area contributed by atoms with Gasteiger partial charge in [0.05, 0.1) is 17.3 Å². The van der Waals surface area contributed by atoms with Crippen LogP contribution >= 0.6 is 0 Å². The van der Waals surface area contributed by atoms with Gasteiger partial charge in [-0.1, -0.05) is 18.2 Å². The first-order valence-corrected chi connectivity index (χ1v) is 9.07. The lowest BCUT2D eigenvalue weighted by Gasteiger charge is -2.32. The molecule has 26 heavy (non-hydrogen) atoms. The first-order valence-electron chi connectivity index (χ1n) is 9.07. The first kappa shape index (κ1) is 20.5. The van der Waals surface area contributed by atoms with E-state index < -0.39 is 18.3 Å². The number of carbonyl (C=O) groups excluding carboxylic acids is 1. The highest BCUT2D eigenvalue weighted by Crippen LogP contribution is 2.38. The molecule has 1 aromatic carbocycles. The summed E-state index contributed by atoms with van der Waals surface area (Å²) in [6.45, 7) is 13.9. The molecule has 1 fully saturated rings. The molecule has 0 saturated carbocycles. The van der Waals surface area contributed by atoms with Crippen molar-refractivity contribution in [1.29, 1.82) is 0 Å². The maximum Gasteiger partial charge on any atom is 0.492 e. The Morgan fingerprint density at radius 3 is 2.15 bits per heavy atom. The lowest BCUT2D eigenvalue weighted by Crippen LogP contribution is -2.41. The van der Waals surface area contributed by atoms with Gasteiger partial charge in [0.25, 0.3) is 0 Å². The van der Waals surface area contributed by atoms with Crippen molar-refractivity contribution in [3.63, 3.8) is 0 Å². The molecule has 0 aromatic heterocycles. The molecule has 1 N–H and O–H groups in total. The Morgan fingerprint density at radius 1 is 1.15 bits per heavy atom. The van der Waals surface area contributed by atoms with E-state index in [0.29, 0.717) is 6.54 Å². The monoisotopic (exact) mass is 359 g/mol. The highest BCUT2D eigenvalue weighted by Gasteiger charge is 2.52. The maximum atomic E-state index is 11.4. The van der Waals surface area contributed by atoms with Crippen molar-refractivity contribution in [2.24, 2.45) is 0 Å². The van der Waals surface area contributed by atoms with Gasteiger partial charge in [0.1, 0.15) is 5.75 Å². The SMILES string of the molecule is CC(=O)NCC(=Cc1ccc(OC(C)C)cc1)B1OC(C)(C)C(C)(C)O1. The zero-order valence-corrected chi connectivity index (χ0v) is 16.9. The molecule has 1 amide bonds. The molecule has 6 heteroatoms. The zero-order chi connectivity index (χ0) is 19.5. The third-order valence-electron chi connectivity index (χ3n) is 4.70. The average molecular weight is 359 g/mol. The minimum Gasteiger partial charge on any atom is -0.491 e. The van der Waals surface area contributed by atoms with Crippen molar-refractivity contribution < 1.29 is 18.8 Å². The van der Waals surface area contributed by atoms with Crippen LogP contribution in [0.4, 0.5) is 0 Å². The fraction of sp³-hybridized carbons (Fsp3) is 0.550. The number of ether oxygens (including phenoxy) is 1. The van der Waals surface area contributed by atoms with Crippen LogP contribution in [0.3, 0.4) is 0 Å². The smallest absolute Gasteiger partial charge is 0.491 e. The second kappa shape index (κ2) is 7.84. The zero-order valence-electron chi connectivity index (χ0n) is 16.9. The second-order valence-electron chi connectivity index (χ2n) is 7.95. The van der Waals surface area contributed by atoms with Crippen molar-refractivity contribution >= 4 is 19.1 Å². The van der Waals surface area contributed by atoms with Crippen LogP contribution in [-0.2, 0) is 14.1 Å². The Labute approximate surface area is 157 Å². The van der Waals surface area contributed by atoms with Gasteiger partial charge >= 0.3 is 7.12 Å². The van der Waals surface area contributed by atoms with Gasteiger partial charge in [0, 0.05) is 13.5 Å². The molecule has 0 radical (unpaired) electrons. The van der Waals surface area contributed by atoms with E-state index in [4.69, 9.17) is 14.0 Å². The predicted molar refractivity (Wildman–Crippen MR) is 105 cm³/mol. The van der Waals surface area contributed by atoms with E-state index >= 15 is 0 Å². The van der Waals surface area contributed by atoms with Gasteiger partial charge in [-0.3, -0.25) is 4.79 Å². The normalized spacial score (nSPS) is 18.9. The highest BCUT2D eigenvalue weighted by molar-refractivity contribution is 6.56. The summed E-state index contributed by atoms with van der Waals surface area (Å²) in [6, 6.07) is 7.84. The number of amides is 1. The summed E-state index contributed by atoms with van der Waals surface area (Å²) in [7, 11) is -0.501. The molecule has 0 bridgehead atoms. The largest absolute Gasteiger partial charge is 0.492 e. The summed E-state index contributed by atoms with van der Waals surface area (Å²) in [5, 5.41) is 2.84. The molecular formula is C20H30BNO4. The lowest BCUT2D eigenvalue weighted by atomic mass is 9.77. The number of benzene rings is 1. The van der Waals surface area contributed by atoms with Crippen molar-refractivity contribution in [3.8, 4) is 5.75 Å². The Kier molecular flexibility index (Phi) is 6.19. The van der Waals surface area contributed by atoms with Crippen molar-refractivity contribution in [3.05, 3.63) is 35.3 Å². The molecule has 142 valence electrons. The third kappa shape index (κ3) is 5.11. The first-order chi connectivity index (χ1) is 12.0. The van der Waals surface area contributed by atoms with Crippen LogP contribution in [0.15, 0.2) is 29.7 Å². The van der Waals surface area contributed by atoms with Gasteiger partial charge in [0.15, 0.2) is 0 Å². The summed E-state index contributed by atoms with van der Waals surface area (Å²) in [5.74, 6) is 0.740. The van der Waals surface area contributed by atoms with E-state index in [1.54, 1.807) is 0 Å². The van der Waals surface area contributed by atoms with Crippen LogP contribution in [0.5, 0.6) is 5.75 Å². The topological polar surface area (TPSA) is 56.8 Å². The van der Waals surface area contributed by atoms with Gasteiger partial charge in [-0.15, -0.1) is 0 Å². The fourth-order valence-electron chi connectivity index (χ4n) is 2.55. The standard InChI is InChI=1S/C20H30BNO4/c1-14(2)24-18-10-8-16(9-11-18)12-17(13-22-15(3)23)21-25-19(4,5)20(6,7)26-21/h8-12,14H,13H2,1-7H3,(H,22,23). The summed E-state index contributed by atoms with van der Waals surface area (Å²) < 4.78 is 18.0. The number of hydrogen-bond acceptors (Lipinski definition) is 4. The molecule has 0 aliphatic carbocycles. The molecule has 1 aliphatic heterocycles. The predicted octanol–water partition coefficient (Wildman–Crippen LogP) is 3.62. The van der Waals surface area contributed by atoms with Crippen molar-refractivity contribution in [2.45, 2.75) is 65.8 Å². The van der Waals surface area contributed by atoms with Crippen LogP contribution in [0, 0.1) is 0 Å². The number of rotatable bonds is 6. The summed E-state index contributed by atoms with van der Waals surface area (Å²) in [5.41, 5.74) is 1.01. The molecule has 1 aliphatic rings. The molecule has 0 atom stereocenters. The molecule has 0 unspecified atom stereocenters. The Morgan fingerprint density at radius 2 is 1.69 bits per heavy atom. The van der Waals surface area contributed by atoms with Crippen LogP contribution in [0.1, 0.15) is 54.0 Å². The molecular weight excluding hydrogens is 329 g/mol. The van der Waals surface area contributed by atoms with Gasteiger partial charge in [-0.05, 0) is 64.7 Å². The van der Waals surface area contributed by atoms with Gasteiger partial charge in [0.2, 0.25) is 5.91 Å². The van der Waals surface area contributed by atoms with Gasteiger partial charge < -0.3 is 19.4 Å². The highest BCUT2D eigenvalue weighted by atomic mass is 16.7. The van der Waals surface area contributed by atoms with E-state index in [-0.39, 0.29) is 12.0 Å². The molecule has 2 rings (SSSR count). The molecule has 1 heterocycles. The minimum atomic E-state index is -0.501. The Hall–Kier alpha value is -1.79. The van der Waals surface area contributed by atoms with E-state index in [2.05, 4.69) is 5.32 Å². The second-order valence-corrected chi connectivity index (χ2v) is 7.95. The Balaban J connectivity index is 2.24. The summed E-state index contributed by atoms with van der Waals surface area (Å²) >= 11 is 0. The summed E-state index contributed by atoms with van der Waals surface area (Å²) in [4.78, 5) is 11.4. The Bertz CT molecular complexity index is 649. The molecule has 0 spiro atoms. The minimum absolute atomic E-state index is 0.0897. The molecule has 5 nitrogen and oxygen atoms in total. The third-order valence-corrected chi connectivity index (χ3v) is 4.70. The fourth-order valence-corrected chi connectivity index (χ4v) is 2.55. The van der Waals surface area contributed by atoms with E-state index in [1.165, 1.54) is 6.92 Å². The van der Waals surface area contributed by atoms with Crippen LogP contribution in [-0.4, -0.2) is 36.9 Å². The van der Waals surface area contributed by atoms with E-state index in [9.17, 15) is 4.79 Å². The van der Waals surface area contributed by atoms with Crippen LogP contribution in [0.25, 0.3) is 6.08 Å². The van der Waals surface area contributed by atoms with E-state index in [1.807, 2.05) is 71.9 Å². The van der Waals surface area contributed by atoms with E-state index in [0.717, 1.165) is 16.8 Å². The quantitative estimate of drug-likeness (QED) is 0.788. The van der Waals surface area contributed by atoms with Crippen molar-refractivity contribution in [1.82, 2.24) is 5.32 Å². The number of carbonyl (C=O) groups is 1. The average Bonchev–Trinajstić information content (AvgIpc) is 2.72. The van der Waals surface area contributed by atoms with Gasteiger partial charge in [-0.2, -0.15) is 0 Å².